The third kappa shape index (κ3) is 7.96. The molecule has 1 amide bonds. The van der Waals surface area contributed by atoms with Crippen LogP contribution in [0.4, 0.5) is 4.39 Å². The Morgan fingerprint density at radius 1 is 1.19 bits per heavy atom. The van der Waals surface area contributed by atoms with Gasteiger partial charge in [-0.05, 0) is 43.2 Å². The number of primary amides is 1. The number of hydrogen-bond donors (Lipinski definition) is 2. The van der Waals surface area contributed by atoms with Crippen LogP contribution in [0.1, 0.15) is 25.3 Å². The number of amides is 1. The topological polar surface area (TPSA) is 79.9 Å². The standard InChI is InChI=1S/C24H31FN4O2.HI/c1-2-27-24(28-17-19(23(26)30)16-18-8-10-20(25)11-9-18)29-14-12-22(13-15-29)31-21-6-4-3-5-7-21;/h3-11,19,22H,2,12-17H2,1H3,(H2,26,30)(H,27,28);1H. The molecule has 0 aromatic heterocycles. The first kappa shape index (κ1) is 25.9. The highest BCUT2D eigenvalue weighted by Gasteiger charge is 2.23. The SMILES string of the molecule is CCNC(=NCC(Cc1ccc(F)cc1)C(N)=O)N1CCC(Oc2ccccc2)CC1.I. The van der Waals surface area contributed by atoms with E-state index in [4.69, 9.17) is 15.5 Å². The van der Waals surface area contributed by atoms with E-state index < -0.39 is 11.8 Å². The molecule has 174 valence electrons. The number of halogens is 2. The zero-order chi connectivity index (χ0) is 22.1. The van der Waals surface area contributed by atoms with Gasteiger partial charge in [-0.15, -0.1) is 24.0 Å². The fraction of sp³-hybridized carbons (Fsp3) is 0.417. The summed E-state index contributed by atoms with van der Waals surface area (Å²) in [7, 11) is 0. The number of likely N-dealkylation sites (tertiary alicyclic amines) is 1. The molecular weight excluding hydrogens is 522 g/mol. The Hall–Kier alpha value is -2.36. The number of hydrogen-bond acceptors (Lipinski definition) is 3. The predicted octanol–water partition coefficient (Wildman–Crippen LogP) is 3.60. The van der Waals surface area contributed by atoms with Crippen molar-refractivity contribution < 1.29 is 13.9 Å². The molecule has 0 saturated carbocycles. The number of rotatable bonds is 8. The van der Waals surface area contributed by atoms with Gasteiger partial charge in [-0.1, -0.05) is 30.3 Å². The van der Waals surface area contributed by atoms with Gasteiger partial charge in [0, 0.05) is 32.5 Å². The first-order valence-corrected chi connectivity index (χ1v) is 10.8. The fourth-order valence-corrected chi connectivity index (χ4v) is 3.66. The fourth-order valence-electron chi connectivity index (χ4n) is 3.66. The van der Waals surface area contributed by atoms with Crippen molar-refractivity contribution in [2.45, 2.75) is 32.3 Å². The van der Waals surface area contributed by atoms with Crippen molar-refractivity contribution in [1.29, 1.82) is 0 Å². The molecule has 1 atom stereocenters. The molecule has 2 aromatic carbocycles. The summed E-state index contributed by atoms with van der Waals surface area (Å²) >= 11 is 0. The number of ether oxygens (including phenoxy) is 1. The van der Waals surface area contributed by atoms with Gasteiger partial charge in [0.2, 0.25) is 5.91 Å². The number of guanidine groups is 1. The van der Waals surface area contributed by atoms with Gasteiger partial charge >= 0.3 is 0 Å². The van der Waals surface area contributed by atoms with Crippen LogP contribution in [0, 0.1) is 11.7 Å². The second-order valence-electron chi connectivity index (χ2n) is 7.74. The molecule has 1 fully saturated rings. The summed E-state index contributed by atoms with van der Waals surface area (Å²) in [5.41, 5.74) is 6.48. The number of carbonyl (C=O) groups is 1. The maximum Gasteiger partial charge on any atom is 0.222 e. The summed E-state index contributed by atoms with van der Waals surface area (Å²) in [4.78, 5) is 18.9. The molecule has 0 aliphatic carbocycles. The molecule has 1 heterocycles. The smallest absolute Gasteiger partial charge is 0.222 e. The minimum atomic E-state index is -0.446. The average Bonchev–Trinajstić information content (AvgIpc) is 2.78. The van der Waals surface area contributed by atoms with Gasteiger partial charge in [-0.3, -0.25) is 9.79 Å². The van der Waals surface area contributed by atoms with Crippen molar-refractivity contribution in [3.8, 4) is 5.75 Å². The van der Waals surface area contributed by atoms with Crippen molar-refractivity contribution in [2.75, 3.05) is 26.2 Å². The van der Waals surface area contributed by atoms with E-state index >= 15 is 0 Å². The lowest BCUT2D eigenvalue weighted by Crippen LogP contribution is -2.47. The largest absolute Gasteiger partial charge is 0.490 e. The molecule has 3 N–H and O–H groups in total. The molecule has 1 aliphatic heterocycles. The molecule has 0 bridgehead atoms. The van der Waals surface area contributed by atoms with Crippen molar-refractivity contribution >= 4 is 35.8 Å². The van der Waals surface area contributed by atoms with Gasteiger partial charge in [0.05, 0.1) is 12.5 Å². The van der Waals surface area contributed by atoms with Gasteiger partial charge in [-0.2, -0.15) is 0 Å². The summed E-state index contributed by atoms with van der Waals surface area (Å²) < 4.78 is 19.2. The molecular formula is C24H32FIN4O2. The number of para-hydroxylation sites is 1. The van der Waals surface area contributed by atoms with Crippen molar-refractivity contribution in [3.63, 3.8) is 0 Å². The van der Waals surface area contributed by atoms with E-state index in [0.717, 1.165) is 49.7 Å². The molecule has 6 nitrogen and oxygen atoms in total. The highest BCUT2D eigenvalue weighted by Crippen LogP contribution is 2.19. The minimum Gasteiger partial charge on any atom is -0.490 e. The highest BCUT2D eigenvalue weighted by molar-refractivity contribution is 14.0. The number of carbonyl (C=O) groups excluding carboxylic acids is 1. The van der Waals surface area contributed by atoms with Crippen molar-refractivity contribution in [2.24, 2.45) is 16.6 Å². The number of nitrogens with two attached hydrogens (primary N) is 1. The summed E-state index contributed by atoms with van der Waals surface area (Å²) in [6.07, 6.45) is 2.41. The average molecular weight is 554 g/mol. The Balaban J connectivity index is 0.00000363. The predicted molar refractivity (Wildman–Crippen MR) is 136 cm³/mol. The van der Waals surface area contributed by atoms with Gasteiger partial charge in [0.25, 0.3) is 0 Å². The molecule has 1 saturated heterocycles. The van der Waals surface area contributed by atoms with Crippen LogP contribution < -0.4 is 15.8 Å². The maximum absolute atomic E-state index is 13.1. The lowest BCUT2D eigenvalue weighted by molar-refractivity contribution is -0.121. The summed E-state index contributed by atoms with van der Waals surface area (Å²) in [5, 5.41) is 3.32. The first-order chi connectivity index (χ1) is 15.0. The summed E-state index contributed by atoms with van der Waals surface area (Å²) in [6, 6.07) is 16.0. The third-order valence-electron chi connectivity index (χ3n) is 5.38. The number of nitrogens with one attached hydrogen (secondary N) is 1. The van der Waals surface area contributed by atoms with Crippen LogP contribution in [-0.2, 0) is 11.2 Å². The lowest BCUT2D eigenvalue weighted by Gasteiger charge is -2.34. The highest BCUT2D eigenvalue weighted by atomic mass is 127. The lowest BCUT2D eigenvalue weighted by atomic mass is 9.99. The van der Waals surface area contributed by atoms with Crippen LogP contribution in [0.5, 0.6) is 5.75 Å². The van der Waals surface area contributed by atoms with Crippen LogP contribution >= 0.6 is 24.0 Å². The van der Waals surface area contributed by atoms with Gasteiger partial charge in [-0.25, -0.2) is 4.39 Å². The molecule has 0 spiro atoms. The Morgan fingerprint density at radius 3 is 2.44 bits per heavy atom. The molecule has 32 heavy (non-hydrogen) atoms. The van der Waals surface area contributed by atoms with Gasteiger partial charge in [0.1, 0.15) is 17.7 Å². The molecule has 0 radical (unpaired) electrons. The zero-order valence-electron chi connectivity index (χ0n) is 18.4. The zero-order valence-corrected chi connectivity index (χ0v) is 20.7. The van der Waals surface area contributed by atoms with Crippen LogP contribution in [-0.4, -0.2) is 49.0 Å². The molecule has 3 rings (SSSR count). The minimum absolute atomic E-state index is 0. The normalized spacial score (nSPS) is 15.6. The van der Waals surface area contributed by atoms with E-state index in [-0.39, 0.29) is 42.4 Å². The number of nitrogens with zero attached hydrogens (tertiary/aromatic N) is 2. The summed E-state index contributed by atoms with van der Waals surface area (Å²) in [5.74, 6) is 0.529. The summed E-state index contributed by atoms with van der Waals surface area (Å²) in [6.45, 7) is 4.68. The Kier molecular flexibility index (Phi) is 10.7. The Bertz CT molecular complexity index is 856. The van der Waals surface area contributed by atoms with Crippen LogP contribution in [0.15, 0.2) is 59.6 Å². The van der Waals surface area contributed by atoms with Crippen molar-refractivity contribution in [3.05, 3.63) is 66.0 Å². The van der Waals surface area contributed by atoms with E-state index in [1.165, 1.54) is 12.1 Å². The van der Waals surface area contributed by atoms with E-state index in [1.54, 1.807) is 12.1 Å². The molecule has 1 unspecified atom stereocenters. The van der Waals surface area contributed by atoms with E-state index in [2.05, 4.69) is 10.2 Å². The van der Waals surface area contributed by atoms with Gasteiger partial charge < -0.3 is 20.7 Å². The second kappa shape index (κ2) is 13.2. The van der Waals surface area contributed by atoms with E-state index in [9.17, 15) is 9.18 Å². The third-order valence-corrected chi connectivity index (χ3v) is 5.38. The number of benzene rings is 2. The quantitative estimate of drug-likeness (QED) is 0.297. The molecule has 1 aliphatic rings. The van der Waals surface area contributed by atoms with Gasteiger partial charge in [0.15, 0.2) is 5.96 Å². The van der Waals surface area contributed by atoms with Crippen LogP contribution in [0.3, 0.4) is 0 Å². The number of piperidine rings is 1. The van der Waals surface area contributed by atoms with E-state index in [1.807, 2.05) is 37.3 Å². The van der Waals surface area contributed by atoms with Crippen molar-refractivity contribution in [1.82, 2.24) is 10.2 Å². The maximum atomic E-state index is 13.1. The van der Waals surface area contributed by atoms with E-state index in [0.29, 0.717) is 6.42 Å². The Morgan fingerprint density at radius 2 is 1.84 bits per heavy atom. The first-order valence-electron chi connectivity index (χ1n) is 10.8. The molecule has 2 aromatic rings. The van der Waals surface area contributed by atoms with Crippen LogP contribution in [0.2, 0.25) is 0 Å². The molecule has 8 heteroatoms. The monoisotopic (exact) mass is 554 g/mol. The number of aliphatic imine (C=N–C) groups is 1. The second-order valence-corrected chi connectivity index (χ2v) is 7.74. The Labute approximate surface area is 206 Å². The van der Waals surface area contributed by atoms with Crippen LogP contribution in [0.25, 0.3) is 0 Å².